The molecular weight excluding hydrogens is 683 g/mol. The van der Waals surface area contributed by atoms with Gasteiger partial charge in [0.2, 0.25) is 0 Å². The molecule has 0 unspecified atom stereocenters. The third-order valence-corrected chi connectivity index (χ3v) is 6.47. The van der Waals surface area contributed by atoms with E-state index < -0.39 is 7.92 Å². The molecule has 2 radical (unpaired) electrons. The van der Waals surface area contributed by atoms with Crippen LogP contribution in [-0.2, 0) is 58.2 Å². The summed E-state index contributed by atoms with van der Waals surface area (Å²) >= 11 is 0. The van der Waals surface area contributed by atoms with Crippen LogP contribution in [0.3, 0.4) is 0 Å². The molecule has 0 saturated heterocycles. The first-order valence-electron chi connectivity index (χ1n) is 9.40. The van der Waals surface area contributed by atoms with E-state index in [0.717, 1.165) is 0 Å². The van der Waals surface area contributed by atoms with Crippen molar-refractivity contribution < 1.29 is 58.2 Å². The molecule has 4 rings (SSSR count). The number of ketones is 1. The van der Waals surface area contributed by atoms with E-state index in [0.29, 0.717) is 5.57 Å². The first kappa shape index (κ1) is 37.1. The molecule has 0 aromatic heterocycles. The van der Waals surface area contributed by atoms with Crippen molar-refractivity contribution in [1.82, 2.24) is 0 Å². The van der Waals surface area contributed by atoms with Gasteiger partial charge in [0, 0.05) is 22.9 Å². The maximum absolute atomic E-state index is 10.4. The maximum Gasteiger partial charge on any atom is 0.0183 e. The Morgan fingerprint density at radius 2 is 0.943 bits per heavy atom. The second-order valence-corrected chi connectivity index (χ2v) is 8.16. The van der Waals surface area contributed by atoms with Crippen LogP contribution >= 0.6 is 7.92 Å². The summed E-state index contributed by atoms with van der Waals surface area (Å²) in [4.78, 5) is 10.4. The molecule has 7 heteroatoms. The Kier molecular flexibility index (Phi) is 26.2. The van der Waals surface area contributed by atoms with Crippen molar-refractivity contribution in [2.45, 2.75) is 0 Å². The molecule has 1 aliphatic rings. The molecule has 0 aliphatic heterocycles. The topological polar surface area (TPSA) is 76.8 Å². The summed E-state index contributed by atoms with van der Waals surface area (Å²) in [7, 11) is -0.446. The van der Waals surface area contributed by atoms with E-state index in [1.54, 1.807) is 12.5 Å². The van der Waals surface area contributed by atoms with Crippen LogP contribution in [0.1, 0.15) is 0 Å². The standard InChI is InChI=1S/C18H15P.C7H6O.3CO.Au.Mn/c1-4-10-16(11-5-1)19(17-12-6-2-7-13-17)18-14-8-3-9-15-18;1-6(8)7-4-2-3-5-7;3*1-2;;/h1-15H;2-5H,1H2;;;;;/q;-1;;;;+1;. The van der Waals surface area contributed by atoms with Gasteiger partial charge in [0.15, 0.2) is 0 Å². The molecule has 0 heterocycles. The van der Waals surface area contributed by atoms with Crippen molar-refractivity contribution in [3.63, 3.8) is 0 Å². The molecule has 4 nitrogen and oxygen atoms in total. The van der Waals surface area contributed by atoms with Crippen LogP contribution in [0.5, 0.6) is 0 Å². The van der Waals surface area contributed by atoms with Gasteiger partial charge < -0.3 is 4.79 Å². The molecule has 0 N–H and O–H groups in total. The monoisotopic (exact) mass is 704 g/mol. The fourth-order valence-corrected chi connectivity index (χ4v) is 5.04. The second kappa shape index (κ2) is 24.7. The van der Waals surface area contributed by atoms with Gasteiger partial charge in [-0.25, -0.2) is 0 Å². The fraction of sp³-hybridized carbons (Fsp3) is 0. The summed E-state index contributed by atoms with van der Waals surface area (Å²) in [6.07, 6.45) is 7.13. The largest absolute Gasteiger partial charge is 0.332 e. The minimum Gasteiger partial charge on any atom is -0.332 e. The molecular formula is C28H21AuMnO4P. The van der Waals surface area contributed by atoms with Gasteiger partial charge in [0.1, 0.15) is 0 Å². The van der Waals surface area contributed by atoms with Crippen molar-refractivity contribution in [1.29, 1.82) is 0 Å². The Labute approximate surface area is 234 Å². The summed E-state index contributed by atoms with van der Waals surface area (Å²) in [5.41, 5.74) is 0.685. The average molecular weight is 704 g/mol. The molecule has 0 amide bonds. The third kappa shape index (κ3) is 13.9. The number of carbonyl (C=O) groups excluding carboxylic acids is 1. The van der Waals surface area contributed by atoms with E-state index in [4.69, 9.17) is 14.0 Å². The van der Waals surface area contributed by atoms with Gasteiger partial charge in [-0.3, -0.25) is 0 Å². The zero-order valence-corrected chi connectivity index (χ0v) is 22.7. The summed E-state index contributed by atoms with van der Waals surface area (Å²) in [6, 6.07) is 32.3. The van der Waals surface area contributed by atoms with E-state index in [-0.39, 0.29) is 45.2 Å². The second-order valence-electron chi connectivity index (χ2n) is 5.94. The van der Waals surface area contributed by atoms with Crippen LogP contribution in [0.25, 0.3) is 0 Å². The summed E-state index contributed by atoms with van der Waals surface area (Å²) in [5, 5.41) is 4.19. The van der Waals surface area contributed by atoms with Gasteiger partial charge in [-0.1, -0.05) is 110 Å². The predicted molar refractivity (Wildman–Crippen MR) is 129 cm³/mol. The number of Topliss-reactive ketones (excluding diaryl/α,β-unsaturated/α-hetero) is 1. The molecule has 35 heavy (non-hydrogen) atoms. The van der Waals surface area contributed by atoms with Gasteiger partial charge in [0.05, 0.1) is 0 Å². The van der Waals surface area contributed by atoms with Gasteiger partial charge in [-0.15, -0.1) is 11.6 Å². The van der Waals surface area contributed by atoms with Crippen LogP contribution < -0.4 is 15.9 Å². The molecule has 0 saturated carbocycles. The van der Waals surface area contributed by atoms with Crippen LogP contribution in [0.4, 0.5) is 0 Å². The summed E-state index contributed by atoms with van der Waals surface area (Å²) in [6.45, 7) is 16.7. The molecule has 1 aliphatic carbocycles. The van der Waals surface area contributed by atoms with Crippen molar-refractivity contribution >= 4 is 29.6 Å². The maximum atomic E-state index is 10.4. The first-order chi connectivity index (χ1) is 16.3. The third-order valence-electron chi connectivity index (χ3n) is 4.03. The Morgan fingerprint density at radius 3 is 1.14 bits per heavy atom. The Balaban J connectivity index is -0.000000544. The molecule has 0 atom stereocenters. The van der Waals surface area contributed by atoms with E-state index in [2.05, 4.69) is 118 Å². The quantitative estimate of drug-likeness (QED) is 0.172. The van der Waals surface area contributed by atoms with E-state index in [1.807, 2.05) is 12.2 Å². The predicted octanol–water partition coefficient (Wildman–Crippen LogP) is 4.42. The van der Waals surface area contributed by atoms with Crippen molar-refractivity contribution in [3.05, 3.63) is 148 Å². The molecule has 0 spiro atoms. The fourth-order valence-electron chi connectivity index (χ4n) is 2.74. The van der Waals surface area contributed by atoms with Crippen molar-refractivity contribution in [2.75, 3.05) is 0 Å². The number of hydrogen-bond donors (Lipinski definition) is 0. The smallest absolute Gasteiger partial charge is 0.0183 e. The van der Waals surface area contributed by atoms with E-state index in [1.165, 1.54) is 15.9 Å². The van der Waals surface area contributed by atoms with Crippen molar-refractivity contribution in [3.8, 4) is 0 Å². The number of rotatable bonds is 4. The van der Waals surface area contributed by atoms with Crippen LogP contribution in [0.2, 0.25) is 0 Å². The van der Waals surface area contributed by atoms with Gasteiger partial charge in [-0.2, -0.15) is 6.92 Å². The van der Waals surface area contributed by atoms with Crippen molar-refractivity contribution in [2.24, 2.45) is 0 Å². The van der Waals surface area contributed by atoms with Crippen LogP contribution in [0, 0.1) is 33.3 Å². The van der Waals surface area contributed by atoms with Crippen LogP contribution in [0.15, 0.2) is 115 Å². The Bertz CT molecular complexity index is 955. The minimum absolute atomic E-state index is 0. The Morgan fingerprint density at radius 1 is 0.629 bits per heavy atom. The number of carbonyl (C=O) groups is 1. The summed E-state index contributed by atoms with van der Waals surface area (Å²) in [5.74, 6) is -0.116. The van der Waals surface area contributed by atoms with Gasteiger partial charge >= 0.3 is 56.3 Å². The molecule has 3 aromatic carbocycles. The number of hydrogen-bond acceptors (Lipinski definition) is 1. The zero-order valence-electron chi connectivity index (χ0n) is 18.4. The number of allylic oxidation sites excluding steroid dienone is 4. The Hall–Kier alpha value is -2.41. The van der Waals surface area contributed by atoms with E-state index in [9.17, 15) is 4.79 Å². The number of benzene rings is 3. The van der Waals surface area contributed by atoms with Gasteiger partial charge in [-0.05, 0) is 23.8 Å². The molecule has 0 bridgehead atoms. The molecule has 180 valence electrons. The minimum atomic E-state index is -0.446. The van der Waals surface area contributed by atoms with E-state index >= 15 is 0 Å². The SMILES string of the molecule is [Au+].[C-]#[O+].[C-]#[O+].[C-]#[O+].[CH2-]C(=O)C1=CC=C[CH]1.[Mn].c1ccc(P(c2ccccc2)c2ccccc2)cc1. The van der Waals surface area contributed by atoms with Gasteiger partial charge in [0.25, 0.3) is 0 Å². The first-order valence-corrected chi connectivity index (χ1v) is 10.7. The molecule has 0 fully saturated rings. The average Bonchev–Trinajstić information content (AvgIpc) is 3.46. The summed E-state index contributed by atoms with van der Waals surface area (Å²) < 4.78 is 22.5. The normalized spacial score (nSPS) is 9.63. The zero-order chi connectivity index (χ0) is 24.9. The molecule has 3 aromatic rings. The van der Waals surface area contributed by atoms with Crippen LogP contribution in [-0.4, -0.2) is 5.78 Å².